The Morgan fingerprint density at radius 2 is 1.59 bits per heavy atom. The first-order chi connectivity index (χ1) is 19.9. The number of carboxylic acid groups (broad SMARTS) is 1. The fourth-order valence-corrected chi connectivity index (χ4v) is 5.62. The van der Waals surface area contributed by atoms with Crippen LogP contribution in [0.3, 0.4) is 0 Å². The van der Waals surface area contributed by atoms with E-state index < -0.39 is 30.3 Å². The number of ether oxygens (including phenoxy) is 2. The minimum atomic E-state index is -1.00. The van der Waals surface area contributed by atoms with Crippen LogP contribution in [-0.2, 0) is 25.6 Å². The molecule has 9 heteroatoms. The minimum absolute atomic E-state index is 0.0946. The number of carbonyl (C=O) groups excluding carboxylic acids is 2. The number of hydrogen-bond donors (Lipinski definition) is 3. The average Bonchev–Trinajstić information content (AvgIpc) is 3.58. The van der Waals surface area contributed by atoms with Gasteiger partial charge in [-0.05, 0) is 47.7 Å². The predicted molar refractivity (Wildman–Crippen MR) is 153 cm³/mol. The molecule has 0 bridgehead atoms. The van der Waals surface area contributed by atoms with E-state index in [0.29, 0.717) is 19.4 Å². The van der Waals surface area contributed by atoms with Crippen molar-refractivity contribution < 1.29 is 29.0 Å². The Kier molecular flexibility index (Phi) is 8.96. The summed E-state index contributed by atoms with van der Waals surface area (Å²) < 4.78 is 11.2. The van der Waals surface area contributed by atoms with E-state index in [1.165, 1.54) is 0 Å². The Morgan fingerprint density at radius 1 is 0.951 bits per heavy atom. The molecule has 3 atom stereocenters. The number of hydrogen-bond acceptors (Lipinski definition) is 6. The van der Waals surface area contributed by atoms with Gasteiger partial charge in [0.2, 0.25) is 5.91 Å². The molecule has 5 rings (SSSR count). The number of aliphatic carboxylic acids is 1. The van der Waals surface area contributed by atoms with E-state index in [-0.39, 0.29) is 31.5 Å². The largest absolute Gasteiger partial charge is 0.479 e. The molecule has 41 heavy (non-hydrogen) atoms. The van der Waals surface area contributed by atoms with Gasteiger partial charge in [-0.2, -0.15) is 0 Å². The fraction of sp³-hybridized carbons (Fsp3) is 0.344. The van der Waals surface area contributed by atoms with Crippen LogP contribution in [0.15, 0.2) is 78.9 Å². The average molecular weight is 558 g/mol. The Labute approximate surface area is 239 Å². The molecule has 1 aliphatic heterocycles. The summed E-state index contributed by atoms with van der Waals surface area (Å²) in [4.78, 5) is 39.4. The van der Waals surface area contributed by atoms with Gasteiger partial charge in [-0.1, -0.05) is 78.9 Å². The summed E-state index contributed by atoms with van der Waals surface area (Å²) in [7, 11) is 1.88. The van der Waals surface area contributed by atoms with Crippen LogP contribution in [0.25, 0.3) is 11.1 Å². The van der Waals surface area contributed by atoms with Crippen molar-refractivity contribution in [1.29, 1.82) is 0 Å². The lowest BCUT2D eigenvalue weighted by molar-refractivity contribution is -0.149. The quantitative estimate of drug-likeness (QED) is 0.329. The molecule has 0 aromatic heterocycles. The monoisotopic (exact) mass is 557 g/mol. The second-order valence-electron chi connectivity index (χ2n) is 10.6. The number of amides is 2. The van der Waals surface area contributed by atoms with E-state index in [0.717, 1.165) is 27.8 Å². The molecule has 3 unspecified atom stereocenters. The first-order valence-electron chi connectivity index (χ1n) is 13.9. The predicted octanol–water partition coefficient (Wildman–Crippen LogP) is 3.77. The highest BCUT2D eigenvalue weighted by Gasteiger charge is 2.32. The normalized spacial score (nSPS) is 18.4. The molecule has 3 aromatic carbocycles. The summed E-state index contributed by atoms with van der Waals surface area (Å²) in [5.74, 6) is -1.49. The van der Waals surface area contributed by atoms with E-state index in [4.69, 9.17) is 9.47 Å². The molecular weight excluding hydrogens is 522 g/mol. The minimum Gasteiger partial charge on any atom is -0.479 e. The van der Waals surface area contributed by atoms with Crippen LogP contribution in [-0.4, -0.2) is 73.0 Å². The zero-order chi connectivity index (χ0) is 28.8. The first kappa shape index (κ1) is 28.3. The number of fused-ring (bicyclic) bond motifs is 3. The van der Waals surface area contributed by atoms with Crippen LogP contribution in [0, 0.1) is 0 Å². The van der Waals surface area contributed by atoms with E-state index in [9.17, 15) is 19.5 Å². The first-order valence-corrected chi connectivity index (χ1v) is 13.9. The van der Waals surface area contributed by atoms with Gasteiger partial charge < -0.3 is 25.2 Å². The van der Waals surface area contributed by atoms with Crippen LogP contribution in [0.1, 0.15) is 35.4 Å². The summed E-state index contributed by atoms with van der Waals surface area (Å²) in [6, 6.07) is 25.2. The molecule has 3 aromatic rings. The van der Waals surface area contributed by atoms with Crippen molar-refractivity contribution in [3.63, 3.8) is 0 Å². The lowest BCUT2D eigenvalue weighted by atomic mass is 9.98. The zero-order valence-corrected chi connectivity index (χ0v) is 23.0. The number of nitrogens with zero attached hydrogens (tertiary/aromatic N) is 1. The van der Waals surface area contributed by atoms with Gasteiger partial charge in [-0.3, -0.25) is 9.69 Å². The van der Waals surface area contributed by atoms with Gasteiger partial charge in [0.05, 0.1) is 6.10 Å². The second-order valence-corrected chi connectivity index (χ2v) is 10.6. The number of alkyl carbamates (subject to hydrolysis) is 1. The molecule has 1 saturated heterocycles. The van der Waals surface area contributed by atoms with Crippen LogP contribution >= 0.6 is 0 Å². The summed E-state index contributed by atoms with van der Waals surface area (Å²) in [5, 5.41) is 14.8. The van der Waals surface area contributed by atoms with E-state index in [1.807, 2.05) is 66.5 Å². The third-order valence-corrected chi connectivity index (χ3v) is 7.63. The van der Waals surface area contributed by atoms with Crippen LogP contribution in [0.2, 0.25) is 0 Å². The second kappa shape index (κ2) is 13.0. The van der Waals surface area contributed by atoms with Crippen molar-refractivity contribution in [2.75, 3.05) is 26.7 Å². The molecule has 0 spiro atoms. The molecule has 0 saturated carbocycles. The van der Waals surface area contributed by atoms with Crippen molar-refractivity contribution >= 4 is 18.0 Å². The number of carboxylic acids is 1. The standard InChI is InChI=1S/C32H35N3O6/c1-35(18-21-9-3-2-4-10-21)19-28(30(36)33-17-22-15-16-29(41-22)31(37)38)34-32(39)40-20-27-25-13-7-5-11-23(25)24-12-6-8-14-26(24)27/h2-14,22,27-29H,15-20H2,1H3,(H,33,36)(H,34,39)(H,37,38). The zero-order valence-electron chi connectivity index (χ0n) is 23.0. The van der Waals surface area contributed by atoms with Crippen LogP contribution in [0.5, 0.6) is 0 Å². The van der Waals surface area contributed by atoms with E-state index in [2.05, 4.69) is 34.9 Å². The third kappa shape index (κ3) is 6.93. The lowest BCUT2D eigenvalue weighted by Crippen LogP contribution is -2.53. The van der Waals surface area contributed by atoms with Gasteiger partial charge in [0.1, 0.15) is 12.6 Å². The number of likely N-dealkylation sites (N-methyl/N-ethyl adjacent to an activating group) is 1. The van der Waals surface area contributed by atoms with Gasteiger partial charge in [0.15, 0.2) is 6.10 Å². The highest BCUT2D eigenvalue weighted by Crippen LogP contribution is 2.44. The Morgan fingerprint density at radius 3 is 2.22 bits per heavy atom. The van der Waals surface area contributed by atoms with E-state index >= 15 is 0 Å². The van der Waals surface area contributed by atoms with Crippen LogP contribution < -0.4 is 10.6 Å². The Balaban J connectivity index is 1.22. The van der Waals surface area contributed by atoms with Crippen molar-refractivity contribution in [2.24, 2.45) is 0 Å². The third-order valence-electron chi connectivity index (χ3n) is 7.63. The van der Waals surface area contributed by atoms with Crippen molar-refractivity contribution in [1.82, 2.24) is 15.5 Å². The molecule has 214 valence electrons. The highest BCUT2D eigenvalue weighted by molar-refractivity contribution is 5.86. The summed E-state index contributed by atoms with van der Waals surface area (Å²) in [5.41, 5.74) is 5.56. The summed E-state index contributed by atoms with van der Waals surface area (Å²) in [6.07, 6.45) is -0.990. The fourth-order valence-electron chi connectivity index (χ4n) is 5.62. The lowest BCUT2D eigenvalue weighted by Gasteiger charge is -2.25. The van der Waals surface area contributed by atoms with E-state index in [1.54, 1.807) is 0 Å². The molecule has 2 aliphatic rings. The molecule has 2 amide bonds. The van der Waals surface area contributed by atoms with Gasteiger partial charge in [0.25, 0.3) is 0 Å². The molecule has 9 nitrogen and oxygen atoms in total. The van der Waals surface area contributed by atoms with Crippen molar-refractivity contribution in [3.05, 3.63) is 95.6 Å². The summed E-state index contributed by atoms with van der Waals surface area (Å²) in [6.45, 7) is 1.13. The maximum Gasteiger partial charge on any atom is 0.407 e. The Hall–Kier alpha value is -4.21. The molecule has 1 fully saturated rings. The summed E-state index contributed by atoms with van der Waals surface area (Å²) >= 11 is 0. The topological polar surface area (TPSA) is 117 Å². The van der Waals surface area contributed by atoms with Gasteiger partial charge in [-0.15, -0.1) is 0 Å². The van der Waals surface area contributed by atoms with Gasteiger partial charge in [-0.25, -0.2) is 9.59 Å². The molecule has 1 heterocycles. The van der Waals surface area contributed by atoms with Gasteiger partial charge in [0, 0.05) is 25.6 Å². The SMILES string of the molecule is CN(Cc1ccccc1)CC(NC(=O)OCC1c2ccccc2-c2ccccc21)C(=O)NCC1CCC(C(=O)O)O1. The highest BCUT2D eigenvalue weighted by atomic mass is 16.5. The molecular formula is C32H35N3O6. The van der Waals surface area contributed by atoms with Crippen LogP contribution in [0.4, 0.5) is 4.79 Å². The molecule has 0 radical (unpaired) electrons. The number of rotatable bonds is 11. The van der Waals surface area contributed by atoms with Gasteiger partial charge >= 0.3 is 12.1 Å². The van der Waals surface area contributed by atoms with Crippen molar-refractivity contribution in [3.8, 4) is 11.1 Å². The molecule has 3 N–H and O–H groups in total. The number of nitrogens with one attached hydrogen (secondary N) is 2. The number of carbonyl (C=O) groups is 3. The number of benzene rings is 3. The molecule has 1 aliphatic carbocycles. The smallest absolute Gasteiger partial charge is 0.407 e. The van der Waals surface area contributed by atoms with Crippen molar-refractivity contribution in [2.45, 2.75) is 43.6 Å². The maximum atomic E-state index is 13.2. The maximum absolute atomic E-state index is 13.2. The Bertz CT molecular complexity index is 1340.